The van der Waals surface area contributed by atoms with Crippen molar-refractivity contribution in [2.45, 2.75) is 6.92 Å². The van der Waals surface area contributed by atoms with Gasteiger partial charge in [-0.05, 0) is 6.92 Å². The van der Waals surface area contributed by atoms with E-state index >= 15 is 0 Å². The van der Waals surface area contributed by atoms with Gasteiger partial charge in [0.05, 0.1) is 6.61 Å². The predicted molar refractivity (Wildman–Crippen MR) is 53.6 cm³/mol. The van der Waals surface area contributed by atoms with Gasteiger partial charge in [0.2, 0.25) is 0 Å². The standard InChI is InChI=1S/C7H11N3O4S/c1-3-14-7(11)5-4-10(2)8-6(5)9-15(12)13/h4H,3H2,1-2H3,(H,8,9)(H,12,13). The Bertz CT molecular complexity index is 390. The first-order valence-corrected chi connectivity index (χ1v) is 5.23. The molecule has 1 aromatic heterocycles. The molecule has 0 bridgehead atoms. The molecule has 7 nitrogen and oxygen atoms in total. The summed E-state index contributed by atoms with van der Waals surface area (Å²) in [4.78, 5) is 11.4. The van der Waals surface area contributed by atoms with E-state index in [0.717, 1.165) is 0 Å². The molecular weight excluding hydrogens is 222 g/mol. The zero-order valence-corrected chi connectivity index (χ0v) is 9.08. The highest BCUT2D eigenvalue weighted by molar-refractivity contribution is 7.80. The fraction of sp³-hybridized carbons (Fsp3) is 0.429. The first kappa shape index (κ1) is 11.7. The smallest absolute Gasteiger partial charge is 0.343 e. The zero-order chi connectivity index (χ0) is 11.4. The number of aromatic nitrogens is 2. The molecule has 1 rings (SSSR count). The van der Waals surface area contributed by atoms with Crippen molar-refractivity contribution in [1.82, 2.24) is 9.78 Å². The number of esters is 1. The minimum Gasteiger partial charge on any atom is -0.462 e. The monoisotopic (exact) mass is 233 g/mol. The van der Waals surface area contributed by atoms with Gasteiger partial charge in [-0.2, -0.15) is 5.10 Å². The second-order valence-electron chi connectivity index (χ2n) is 2.64. The average molecular weight is 233 g/mol. The molecule has 15 heavy (non-hydrogen) atoms. The van der Waals surface area contributed by atoms with Crippen molar-refractivity contribution in [1.29, 1.82) is 0 Å². The van der Waals surface area contributed by atoms with Crippen LogP contribution in [-0.4, -0.2) is 31.1 Å². The van der Waals surface area contributed by atoms with Gasteiger partial charge in [-0.15, -0.1) is 0 Å². The lowest BCUT2D eigenvalue weighted by molar-refractivity contribution is 0.0527. The molecule has 1 heterocycles. The molecule has 0 saturated carbocycles. The summed E-state index contributed by atoms with van der Waals surface area (Å²) in [5.41, 5.74) is 0.127. The number of anilines is 1. The zero-order valence-electron chi connectivity index (χ0n) is 8.26. The van der Waals surface area contributed by atoms with Gasteiger partial charge in [0.15, 0.2) is 5.82 Å². The van der Waals surface area contributed by atoms with E-state index in [4.69, 9.17) is 9.29 Å². The number of ether oxygens (including phenoxy) is 1. The maximum atomic E-state index is 11.4. The van der Waals surface area contributed by atoms with Crippen LogP contribution in [0.15, 0.2) is 6.20 Å². The molecule has 1 aromatic rings. The van der Waals surface area contributed by atoms with Crippen molar-refractivity contribution < 1.29 is 18.3 Å². The number of nitrogens with one attached hydrogen (secondary N) is 1. The van der Waals surface area contributed by atoms with E-state index in [2.05, 4.69) is 9.82 Å². The molecule has 0 aliphatic heterocycles. The fourth-order valence-electron chi connectivity index (χ4n) is 1.00. The van der Waals surface area contributed by atoms with E-state index in [1.54, 1.807) is 14.0 Å². The first-order valence-electron chi connectivity index (χ1n) is 4.13. The summed E-state index contributed by atoms with van der Waals surface area (Å²) in [5, 5.41) is 3.81. The molecule has 0 radical (unpaired) electrons. The van der Waals surface area contributed by atoms with Crippen LogP contribution in [0.4, 0.5) is 5.82 Å². The molecule has 0 amide bonds. The Morgan fingerprint density at radius 2 is 2.47 bits per heavy atom. The Labute approximate surface area is 88.8 Å². The van der Waals surface area contributed by atoms with Crippen molar-refractivity contribution in [2.24, 2.45) is 7.05 Å². The quantitative estimate of drug-likeness (QED) is 0.570. The minimum atomic E-state index is -2.27. The summed E-state index contributed by atoms with van der Waals surface area (Å²) in [6.07, 6.45) is 1.41. The Morgan fingerprint density at radius 1 is 1.80 bits per heavy atom. The van der Waals surface area contributed by atoms with Crippen LogP contribution in [0.5, 0.6) is 0 Å². The number of aryl methyl sites for hydroxylation is 1. The van der Waals surface area contributed by atoms with E-state index in [1.165, 1.54) is 10.9 Å². The number of rotatable bonds is 4. The van der Waals surface area contributed by atoms with Crippen LogP contribution in [0.25, 0.3) is 0 Å². The third-order valence-electron chi connectivity index (χ3n) is 1.51. The van der Waals surface area contributed by atoms with E-state index in [1.807, 2.05) is 0 Å². The SMILES string of the molecule is CCOC(=O)c1cn(C)nc1NS(=O)O. The molecule has 8 heteroatoms. The summed E-state index contributed by atoms with van der Waals surface area (Å²) in [5.74, 6) is -0.560. The predicted octanol–water partition coefficient (Wildman–Crippen LogP) is 0.145. The number of carbonyl (C=O) groups is 1. The van der Waals surface area contributed by atoms with Gasteiger partial charge in [-0.1, -0.05) is 0 Å². The van der Waals surface area contributed by atoms with Crippen LogP contribution in [0, 0.1) is 0 Å². The van der Waals surface area contributed by atoms with Gasteiger partial charge in [-0.3, -0.25) is 14.0 Å². The number of hydrogen-bond donors (Lipinski definition) is 2. The molecule has 1 atom stereocenters. The molecule has 84 valence electrons. The second-order valence-corrected chi connectivity index (χ2v) is 3.34. The number of hydrogen-bond acceptors (Lipinski definition) is 4. The van der Waals surface area contributed by atoms with Gasteiger partial charge in [-0.25, -0.2) is 9.00 Å². The van der Waals surface area contributed by atoms with Crippen molar-refractivity contribution in [2.75, 3.05) is 11.3 Å². The topological polar surface area (TPSA) is 93.5 Å². The maximum absolute atomic E-state index is 11.4. The second kappa shape index (κ2) is 4.89. The van der Waals surface area contributed by atoms with Gasteiger partial charge < -0.3 is 4.74 Å². The van der Waals surface area contributed by atoms with Crippen molar-refractivity contribution in [3.05, 3.63) is 11.8 Å². The van der Waals surface area contributed by atoms with Crippen LogP contribution in [0.2, 0.25) is 0 Å². The van der Waals surface area contributed by atoms with Crippen molar-refractivity contribution >= 4 is 23.1 Å². The molecule has 1 unspecified atom stereocenters. The summed E-state index contributed by atoms with van der Waals surface area (Å²) in [6, 6.07) is 0. The molecule has 0 fully saturated rings. The minimum absolute atomic E-state index is 0.0248. The van der Waals surface area contributed by atoms with Gasteiger partial charge >= 0.3 is 5.97 Å². The van der Waals surface area contributed by atoms with Crippen LogP contribution in [0.1, 0.15) is 17.3 Å². The summed E-state index contributed by atoms with van der Waals surface area (Å²) in [6.45, 7) is 1.90. The third kappa shape index (κ3) is 3.03. The maximum Gasteiger partial charge on any atom is 0.343 e. The summed E-state index contributed by atoms with van der Waals surface area (Å²) < 4.78 is 27.3. The highest BCUT2D eigenvalue weighted by Gasteiger charge is 2.17. The molecular formula is C7H11N3O4S. The molecule has 0 aliphatic carbocycles. The molecule has 0 aliphatic rings. The summed E-state index contributed by atoms with van der Waals surface area (Å²) >= 11 is -2.27. The lowest BCUT2D eigenvalue weighted by atomic mass is 10.3. The van der Waals surface area contributed by atoms with Crippen LogP contribution in [-0.2, 0) is 23.1 Å². The number of carbonyl (C=O) groups excluding carboxylic acids is 1. The third-order valence-corrected chi connectivity index (χ3v) is 1.88. The molecule has 0 spiro atoms. The van der Waals surface area contributed by atoms with E-state index in [0.29, 0.717) is 0 Å². The lowest BCUT2D eigenvalue weighted by Gasteiger charge is -2.01. The van der Waals surface area contributed by atoms with Crippen molar-refractivity contribution in [3.63, 3.8) is 0 Å². The molecule has 0 aromatic carbocycles. The van der Waals surface area contributed by atoms with E-state index < -0.39 is 17.2 Å². The van der Waals surface area contributed by atoms with Crippen molar-refractivity contribution in [3.8, 4) is 0 Å². The largest absolute Gasteiger partial charge is 0.462 e. The molecule has 2 N–H and O–H groups in total. The van der Waals surface area contributed by atoms with Gasteiger partial charge in [0, 0.05) is 13.2 Å². The van der Waals surface area contributed by atoms with Crippen LogP contribution in [0.3, 0.4) is 0 Å². The van der Waals surface area contributed by atoms with Crippen LogP contribution < -0.4 is 4.72 Å². The van der Waals surface area contributed by atoms with E-state index in [-0.39, 0.29) is 18.0 Å². The lowest BCUT2D eigenvalue weighted by Crippen LogP contribution is -2.09. The Balaban J connectivity index is 2.95. The van der Waals surface area contributed by atoms with Crippen LogP contribution >= 0.6 is 0 Å². The highest BCUT2D eigenvalue weighted by Crippen LogP contribution is 2.14. The first-order chi connectivity index (χ1) is 7.04. The van der Waals surface area contributed by atoms with Gasteiger partial charge in [0.1, 0.15) is 5.56 Å². The number of nitrogens with zero attached hydrogens (tertiary/aromatic N) is 2. The highest BCUT2D eigenvalue weighted by atomic mass is 32.2. The summed E-state index contributed by atoms with van der Waals surface area (Å²) in [7, 11) is 1.59. The fourth-order valence-corrected chi connectivity index (χ4v) is 1.32. The Morgan fingerprint density at radius 3 is 3.00 bits per heavy atom. The molecule has 0 saturated heterocycles. The Hall–Kier alpha value is -1.41. The van der Waals surface area contributed by atoms with E-state index in [9.17, 15) is 9.00 Å². The Kier molecular flexibility index (Phi) is 3.81. The average Bonchev–Trinajstić information content (AvgIpc) is 2.46. The van der Waals surface area contributed by atoms with Gasteiger partial charge in [0.25, 0.3) is 11.3 Å². The normalized spacial score (nSPS) is 12.2.